The molecule has 0 bridgehead atoms. The topological polar surface area (TPSA) is 30.7 Å². The van der Waals surface area contributed by atoms with Crippen LogP contribution in [0.4, 0.5) is 5.69 Å². The van der Waals surface area contributed by atoms with Crippen molar-refractivity contribution in [2.24, 2.45) is 0 Å². The van der Waals surface area contributed by atoms with Crippen molar-refractivity contribution < 1.29 is 9.53 Å². The lowest BCUT2D eigenvalue weighted by molar-refractivity contribution is 0.112. The Morgan fingerprint density at radius 3 is 1.94 bits per heavy atom. The first kappa shape index (κ1) is 10.9. The molecule has 0 aliphatic rings. The van der Waals surface area contributed by atoms with E-state index in [1.165, 1.54) is 0 Å². The van der Waals surface area contributed by atoms with Gasteiger partial charge < -0.3 is 4.74 Å². The van der Waals surface area contributed by atoms with Gasteiger partial charge in [0.1, 0.15) is 17.8 Å². The molecule has 0 heterocycles. The molecule has 0 radical (unpaired) electrons. The predicted molar refractivity (Wildman–Crippen MR) is 64.6 cm³/mol. The normalized spacial score (nSPS) is 9.35. The SMILES string of the molecule is [C-]#[N+]c1ccc(Oc2ccc(C=O)cc2)cc1. The molecule has 17 heavy (non-hydrogen) atoms. The van der Waals surface area contributed by atoms with E-state index < -0.39 is 0 Å². The van der Waals surface area contributed by atoms with Gasteiger partial charge in [-0.25, -0.2) is 4.85 Å². The van der Waals surface area contributed by atoms with E-state index in [0.29, 0.717) is 22.7 Å². The standard InChI is InChI=1S/C14H9NO2/c1-15-12-4-8-14(9-5-12)17-13-6-2-11(10-16)3-7-13/h2-10H. The van der Waals surface area contributed by atoms with Crippen LogP contribution in [0.3, 0.4) is 0 Å². The number of nitrogens with zero attached hydrogens (tertiary/aromatic N) is 1. The highest BCUT2D eigenvalue weighted by Crippen LogP contribution is 2.23. The molecule has 0 atom stereocenters. The van der Waals surface area contributed by atoms with Crippen molar-refractivity contribution in [2.45, 2.75) is 0 Å². The second-order valence-electron chi connectivity index (χ2n) is 3.39. The number of ether oxygens (including phenoxy) is 1. The second kappa shape index (κ2) is 4.95. The highest BCUT2D eigenvalue weighted by molar-refractivity contribution is 5.74. The molecule has 0 saturated heterocycles. The van der Waals surface area contributed by atoms with E-state index in [9.17, 15) is 4.79 Å². The summed E-state index contributed by atoms with van der Waals surface area (Å²) < 4.78 is 5.56. The summed E-state index contributed by atoms with van der Waals surface area (Å²) in [5.41, 5.74) is 1.19. The van der Waals surface area contributed by atoms with Crippen molar-refractivity contribution in [3.05, 3.63) is 65.5 Å². The number of carbonyl (C=O) groups excluding carboxylic acids is 1. The minimum Gasteiger partial charge on any atom is -0.457 e. The Kier molecular flexibility index (Phi) is 3.18. The number of hydrogen-bond acceptors (Lipinski definition) is 2. The molecule has 0 aliphatic heterocycles. The summed E-state index contributed by atoms with van der Waals surface area (Å²) in [6.45, 7) is 6.83. The largest absolute Gasteiger partial charge is 0.457 e. The van der Waals surface area contributed by atoms with Crippen LogP contribution in [0.1, 0.15) is 10.4 Å². The van der Waals surface area contributed by atoms with Gasteiger partial charge in [-0.15, -0.1) is 0 Å². The van der Waals surface area contributed by atoms with Crippen molar-refractivity contribution in [1.29, 1.82) is 0 Å². The van der Waals surface area contributed by atoms with Gasteiger partial charge in [-0.1, -0.05) is 12.1 Å². The Labute approximate surface area is 99.1 Å². The maximum atomic E-state index is 10.5. The maximum Gasteiger partial charge on any atom is 0.187 e. The van der Waals surface area contributed by atoms with Crippen LogP contribution in [0.5, 0.6) is 11.5 Å². The molecular formula is C14H9NO2. The minimum atomic E-state index is 0.577. The molecule has 2 rings (SSSR count). The molecule has 0 aromatic heterocycles. The zero-order valence-electron chi connectivity index (χ0n) is 8.96. The molecule has 2 aromatic carbocycles. The summed E-state index contributed by atoms with van der Waals surface area (Å²) in [6, 6.07) is 13.7. The molecular weight excluding hydrogens is 214 g/mol. The van der Waals surface area contributed by atoms with Gasteiger partial charge in [-0.3, -0.25) is 4.79 Å². The van der Waals surface area contributed by atoms with Gasteiger partial charge in [-0.2, -0.15) is 0 Å². The Morgan fingerprint density at radius 1 is 0.941 bits per heavy atom. The van der Waals surface area contributed by atoms with Crippen molar-refractivity contribution in [3.63, 3.8) is 0 Å². The Bertz CT molecular complexity index is 550. The zero-order chi connectivity index (χ0) is 12.1. The number of hydrogen-bond donors (Lipinski definition) is 0. The first-order chi connectivity index (χ1) is 8.31. The zero-order valence-corrected chi connectivity index (χ0v) is 8.96. The average molecular weight is 223 g/mol. The average Bonchev–Trinajstić information content (AvgIpc) is 2.40. The summed E-state index contributed by atoms with van der Waals surface area (Å²) in [5, 5.41) is 0. The third-order valence-electron chi connectivity index (χ3n) is 2.22. The fourth-order valence-electron chi connectivity index (χ4n) is 1.34. The summed E-state index contributed by atoms with van der Waals surface area (Å²) in [4.78, 5) is 13.8. The Morgan fingerprint density at radius 2 is 1.47 bits per heavy atom. The molecule has 0 fully saturated rings. The van der Waals surface area contributed by atoms with Crippen LogP contribution in [0.15, 0.2) is 48.5 Å². The monoisotopic (exact) mass is 223 g/mol. The molecule has 0 amide bonds. The van der Waals surface area contributed by atoms with E-state index in [-0.39, 0.29) is 0 Å². The third-order valence-corrected chi connectivity index (χ3v) is 2.22. The van der Waals surface area contributed by atoms with Crippen LogP contribution < -0.4 is 4.74 Å². The molecule has 0 saturated carbocycles. The summed E-state index contributed by atoms with van der Waals surface area (Å²) in [5.74, 6) is 1.32. The van der Waals surface area contributed by atoms with E-state index in [4.69, 9.17) is 11.3 Å². The first-order valence-corrected chi connectivity index (χ1v) is 5.02. The van der Waals surface area contributed by atoms with Gasteiger partial charge in [0.25, 0.3) is 0 Å². The minimum absolute atomic E-state index is 0.577. The number of rotatable bonds is 3. The third kappa shape index (κ3) is 2.70. The Balaban J connectivity index is 2.14. The van der Waals surface area contributed by atoms with E-state index in [0.717, 1.165) is 6.29 Å². The fraction of sp³-hybridized carbons (Fsp3) is 0. The molecule has 0 unspecified atom stereocenters. The van der Waals surface area contributed by atoms with E-state index in [1.54, 1.807) is 48.5 Å². The van der Waals surface area contributed by atoms with Gasteiger partial charge in [0, 0.05) is 5.56 Å². The van der Waals surface area contributed by atoms with Crippen LogP contribution >= 0.6 is 0 Å². The number of carbonyl (C=O) groups is 1. The molecule has 2 aromatic rings. The van der Waals surface area contributed by atoms with E-state index >= 15 is 0 Å². The highest BCUT2D eigenvalue weighted by Gasteiger charge is 1.98. The number of benzene rings is 2. The van der Waals surface area contributed by atoms with Gasteiger partial charge in [0.15, 0.2) is 5.69 Å². The van der Waals surface area contributed by atoms with Crippen LogP contribution in [-0.4, -0.2) is 6.29 Å². The van der Waals surface area contributed by atoms with Gasteiger partial charge in [-0.05, 0) is 36.4 Å². The molecule has 3 heteroatoms. The van der Waals surface area contributed by atoms with E-state index in [2.05, 4.69) is 4.85 Å². The van der Waals surface area contributed by atoms with Crippen molar-refractivity contribution >= 4 is 12.0 Å². The fourth-order valence-corrected chi connectivity index (χ4v) is 1.34. The molecule has 0 N–H and O–H groups in total. The first-order valence-electron chi connectivity index (χ1n) is 5.02. The summed E-state index contributed by atoms with van der Waals surface area (Å²) in [7, 11) is 0. The smallest absolute Gasteiger partial charge is 0.187 e. The maximum absolute atomic E-state index is 10.5. The lowest BCUT2D eigenvalue weighted by Crippen LogP contribution is -1.84. The molecule has 3 nitrogen and oxygen atoms in total. The molecule has 0 aliphatic carbocycles. The van der Waals surface area contributed by atoms with Crippen molar-refractivity contribution in [1.82, 2.24) is 0 Å². The van der Waals surface area contributed by atoms with Crippen LogP contribution in [0.2, 0.25) is 0 Å². The predicted octanol–water partition coefficient (Wildman–Crippen LogP) is 3.84. The second-order valence-corrected chi connectivity index (χ2v) is 3.39. The summed E-state index contributed by atoms with van der Waals surface area (Å²) in [6.07, 6.45) is 0.786. The van der Waals surface area contributed by atoms with Gasteiger partial charge in [0.05, 0.1) is 6.57 Å². The Hall–Kier alpha value is -2.60. The number of aldehydes is 1. The highest BCUT2D eigenvalue weighted by atomic mass is 16.5. The van der Waals surface area contributed by atoms with Crippen LogP contribution in [0, 0.1) is 6.57 Å². The lowest BCUT2D eigenvalue weighted by atomic mass is 10.2. The van der Waals surface area contributed by atoms with Crippen LogP contribution in [0.25, 0.3) is 4.85 Å². The quantitative estimate of drug-likeness (QED) is 0.584. The van der Waals surface area contributed by atoms with Gasteiger partial charge in [0.2, 0.25) is 0 Å². The van der Waals surface area contributed by atoms with Crippen molar-refractivity contribution in [2.75, 3.05) is 0 Å². The van der Waals surface area contributed by atoms with Crippen LogP contribution in [-0.2, 0) is 0 Å². The van der Waals surface area contributed by atoms with Crippen molar-refractivity contribution in [3.8, 4) is 11.5 Å². The molecule has 0 spiro atoms. The molecule has 82 valence electrons. The lowest BCUT2D eigenvalue weighted by Gasteiger charge is -2.05. The van der Waals surface area contributed by atoms with Gasteiger partial charge >= 0.3 is 0 Å². The van der Waals surface area contributed by atoms with E-state index in [1.807, 2.05) is 0 Å². The summed E-state index contributed by atoms with van der Waals surface area (Å²) >= 11 is 0.